The molecule has 4 aliphatic heterocycles. The molecule has 4 heterocycles. The number of carbonyl (C=O) groups is 3. The highest BCUT2D eigenvalue weighted by atomic mass is 16.2. The van der Waals surface area contributed by atoms with Gasteiger partial charge in [0.2, 0.25) is 17.7 Å². The number of unbranched alkanes of at least 4 members (excludes halogenated alkanes) is 1. The van der Waals surface area contributed by atoms with Crippen LogP contribution in [-0.4, -0.2) is 46.7 Å². The first kappa shape index (κ1) is 17.9. The molecule has 148 valence electrons. The maximum atomic E-state index is 13.5. The predicted molar refractivity (Wildman–Crippen MR) is 104 cm³/mol. The van der Waals surface area contributed by atoms with Gasteiger partial charge >= 0.3 is 0 Å². The van der Waals surface area contributed by atoms with Crippen molar-refractivity contribution in [3.63, 3.8) is 0 Å². The summed E-state index contributed by atoms with van der Waals surface area (Å²) in [5.41, 5.74) is 1.81. The molecule has 0 radical (unpaired) electrons. The number of nitrogens with one attached hydrogen (secondary N) is 1. The third-order valence-corrected chi connectivity index (χ3v) is 7.32. The van der Waals surface area contributed by atoms with Gasteiger partial charge in [0.05, 0.1) is 11.8 Å². The van der Waals surface area contributed by atoms with Crippen molar-refractivity contribution in [3.8, 4) is 0 Å². The molecule has 3 fully saturated rings. The van der Waals surface area contributed by atoms with E-state index in [1.54, 1.807) is 0 Å². The van der Waals surface area contributed by atoms with Crippen molar-refractivity contribution in [2.24, 2.45) is 11.8 Å². The minimum Gasteiger partial charge on any atom is -0.324 e. The van der Waals surface area contributed by atoms with Crippen LogP contribution < -0.4 is 5.32 Å². The van der Waals surface area contributed by atoms with Crippen molar-refractivity contribution in [3.05, 3.63) is 29.3 Å². The van der Waals surface area contributed by atoms with E-state index < -0.39 is 17.4 Å². The Morgan fingerprint density at radius 1 is 1.18 bits per heavy atom. The van der Waals surface area contributed by atoms with Gasteiger partial charge < -0.3 is 5.32 Å². The van der Waals surface area contributed by atoms with Crippen LogP contribution >= 0.6 is 0 Å². The Kier molecular flexibility index (Phi) is 3.92. The van der Waals surface area contributed by atoms with Crippen LogP contribution in [0.25, 0.3) is 0 Å². The summed E-state index contributed by atoms with van der Waals surface area (Å²) in [6, 6.07) is 5.97. The summed E-state index contributed by atoms with van der Waals surface area (Å²) in [7, 11) is 0. The molecule has 3 saturated heterocycles. The Bertz CT molecular complexity index is 882. The Morgan fingerprint density at radius 3 is 2.75 bits per heavy atom. The monoisotopic (exact) mass is 381 g/mol. The van der Waals surface area contributed by atoms with Gasteiger partial charge in [-0.05, 0) is 37.8 Å². The van der Waals surface area contributed by atoms with Crippen LogP contribution in [0.5, 0.6) is 0 Å². The quantitative estimate of drug-likeness (QED) is 0.813. The van der Waals surface area contributed by atoms with E-state index in [-0.39, 0.29) is 23.8 Å². The number of likely N-dealkylation sites (tertiary alicyclic amines) is 1. The van der Waals surface area contributed by atoms with Crippen molar-refractivity contribution >= 4 is 23.4 Å². The Hall–Kier alpha value is -2.21. The fourth-order valence-electron chi connectivity index (χ4n) is 6.18. The highest BCUT2D eigenvalue weighted by Crippen LogP contribution is 2.60. The number of hydrogen-bond acceptors (Lipinski definition) is 4. The minimum atomic E-state index is -1.03. The molecule has 5 rings (SSSR count). The summed E-state index contributed by atoms with van der Waals surface area (Å²) < 4.78 is 0. The summed E-state index contributed by atoms with van der Waals surface area (Å²) in [6.45, 7) is 5.35. The molecule has 0 aromatic heterocycles. The number of rotatable bonds is 4. The highest BCUT2D eigenvalue weighted by molar-refractivity contribution is 6.15. The fraction of sp³-hybridized carbons (Fsp3) is 0.591. The SMILES string of the molecule is CCCCN1C(=O)[C@H]2[C@@H](C1=O)[C@]1(C(=O)Nc3c(CC)cccc31)N1CCC[C@@H]21. The number of aryl methyl sites for hydroxylation is 1. The van der Waals surface area contributed by atoms with Crippen LogP contribution in [-0.2, 0) is 26.3 Å². The molecule has 0 unspecified atom stereocenters. The molecule has 1 aromatic rings. The Balaban J connectivity index is 1.69. The van der Waals surface area contributed by atoms with Gasteiger partial charge in [0.15, 0.2) is 0 Å². The molecular formula is C22H27N3O3. The number of amides is 3. The van der Waals surface area contributed by atoms with E-state index in [0.717, 1.165) is 55.5 Å². The standard InChI is InChI=1S/C22H27N3O3/c1-3-5-11-24-19(26)16-15-10-7-12-25(15)22(17(16)20(24)27)14-9-6-8-13(4-2)18(14)23-21(22)28/h6,8-9,15-17H,3-5,7,10-12H2,1-2H3,(H,23,28)/t15-,16+,17-,22+/m0/s1. The largest absolute Gasteiger partial charge is 0.324 e. The summed E-state index contributed by atoms with van der Waals surface area (Å²) in [6.07, 6.45) is 4.38. The zero-order valence-electron chi connectivity index (χ0n) is 16.5. The normalized spacial score (nSPS) is 33.6. The number of carbonyl (C=O) groups excluding carboxylic acids is 3. The first-order valence-corrected chi connectivity index (χ1v) is 10.6. The lowest BCUT2D eigenvalue weighted by Crippen LogP contribution is -2.54. The summed E-state index contributed by atoms with van der Waals surface area (Å²) in [5, 5.41) is 3.11. The molecule has 4 aliphatic rings. The number of imide groups is 1. The summed E-state index contributed by atoms with van der Waals surface area (Å²) in [4.78, 5) is 44.0. The average Bonchev–Trinajstić information content (AvgIpc) is 3.39. The first-order chi connectivity index (χ1) is 13.6. The molecule has 0 saturated carbocycles. The second kappa shape index (κ2) is 6.14. The van der Waals surface area contributed by atoms with Gasteiger partial charge in [-0.25, -0.2) is 0 Å². The molecule has 4 atom stereocenters. The lowest BCUT2D eigenvalue weighted by Gasteiger charge is -2.36. The van der Waals surface area contributed by atoms with E-state index in [1.807, 2.05) is 18.2 Å². The van der Waals surface area contributed by atoms with Gasteiger partial charge in [-0.1, -0.05) is 38.5 Å². The first-order valence-electron chi connectivity index (χ1n) is 10.6. The zero-order valence-corrected chi connectivity index (χ0v) is 16.5. The van der Waals surface area contributed by atoms with Crippen molar-refractivity contribution < 1.29 is 14.4 Å². The average molecular weight is 381 g/mol. The molecule has 6 heteroatoms. The number of hydrogen-bond donors (Lipinski definition) is 1. The van der Waals surface area contributed by atoms with Crippen molar-refractivity contribution in [1.29, 1.82) is 0 Å². The molecule has 6 nitrogen and oxygen atoms in total. The van der Waals surface area contributed by atoms with Crippen LogP contribution in [0.3, 0.4) is 0 Å². The van der Waals surface area contributed by atoms with E-state index in [4.69, 9.17) is 0 Å². The van der Waals surface area contributed by atoms with Crippen molar-refractivity contribution in [2.75, 3.05) is 18.4 Å². The summed E-state index contributed by atoms with van der Waals surface area (Å²) in [5.74, 6) is -1.33. The minimum absolute atomic E-state index is 0.0185. The highest BCUT2D eigenvalue weighted by Gasteiger charge is 2.74. The van der Waals surface area contributed by atoms with E-state index in [1.165, 1.54) is 4.90 Å². The fourth-order valence-corrected chi connectivity index (χ4v) is 6.18. The number of nitrogens with zero attached hydrogens (tertiary/aromatic N) is 2. The third-order valence-electron chi connectivity index (χ3n) is 7.32. The lowest BCUT2D eigenvalue weighted by atomic mass is 9.75. The van der Waals surface area contributed by atoms with Crippen LogP contribution in [0, 0.1) is 11.8 Å². The molecule has 28 heavy (non-hydrogen) atoms. The molecule has 0 aliphatic carbocycles. The Labute approximate surface area is 165 Å². The Morgan fingerprint density at radius 2 is 2.00 bits per heavy atom. The molecule has 1 N–H and O–H groups in total. The zero-order chi connectivity index (χ0) is 19.6. The van der Waals surface area contributed by atoms with Crippen LogP contribution in [0.4, 0.5) is 5.69 Å². The van der Waals surface area contributed by atoms with E-state index in [2.05, 4.69) is 24.1 Å². The second-order valence-electron chi connectivity index (χ2n) is 8.50. The van der Waals surface area contributed by atoms with Crippen LogP contribution in [0.15, 0.2) is 18.2 Å². The third kappa shape index (κ3) is 1.94. The van der Waals surface area contributed by atoms with Gasteiger partial charge in [-0.3, -0.25) is 24.2 Å². The predicted octanol–water partition coefficient (Wildman–Crippen LogP) is 2.28. The molecule has 0 bridgehead atoms. The maximum Gasteiger partial charge on any atom is 0.250 e. The van der Waals surface area contributed by atoms with Gasteiger partial charge in [0.25, 0.3) is 0 Å². The van der Waals surface area contributed by atoms with E-state index in [0.29, 0.717) is 6.54 Å². The molecule has 1 aromatic carbocycles. The number of anilines is 1. The second-order valence-corrected chi connectivity index (χ2v) is 8.50. The van der Waals surface area contributed by atoms with Gasteiger partial charge in [0, 0.05) is 23.8 Å². The smallest absolute Gasteiger partial charge is 0.250 e. The number of fused-ring (bicyclic) bond motifs is 7. The molecule has 3 amide bonds. The van der Waals surface area contributed by atoms with Gasteiger partial charge in [0.1, 0.15) is 5.54 Å². The molecular weight excluding hydrogens is 354 g/mol. The number of para-hydroxylation sites is 1. The van der Waals surface area contributed by atoms with E-state index in [9.17, 15) is 14.4 Å². The van der Waals surface area contributed by atoms with Crippen LogP contribution in [0.1, 0.15) is 50.7 Å². The van der Waals surface area contributed by atoms with E-state index >= 15 is 0 Å². The topological polar surface area (TPSA) is 69.7 Å². The van der Waals surface area contributed by atoms with Gasteiger partial charge in [-0.15, -0.1) is 0 Å². The lowest BCUT2D eigenvalue weighted by molar-refractivity contribution is -0.145. The molecule has 1 spiro atoms. The van der Waals surface area contributed by atoms with Crippen molar-refractivity contribution in [2.45, 2.75) is 57.5 Å². The number of benzene rings is 1. The maximum absolute atomic E-state index is 13.5. The summed E-state index contributed by atoms with van der Waals surface area (Å²) >= 11 is 0. The van der Waals surface area contributed by atoms with Crippen molar-refractivity contribution in [1.82, 2.24) is 9.80 Å². The van der Waals surface area contributed by atoms with Gasteiger partial charge in [-0.2, -0.15) is 0 Å². The van der Waals surface area contributed by atoms with Crippen LogP contribution in [0.2, 0.25) is 0 Å².